The molecular weight excluding hydrogens is 270 g/mol. The van der Waals surface area contributed by atoms with Gasteiger partial charge in [0.05, 0.1) is 5.56 Å². The van der Waals surface area contributed by atoms with Crippen LogP contribution in [-0.2, 0) is 9.53 Å². The van der Waals surface area contributed by atoms with Crippen LogP contribution in [0.2, 0.25) is 0 Å². The second-order valence-corrected chi connectivity index (χ2v) is 5.19. The maximum absolute atomic E-state index is 11.9. The van der Waals surface area contributed by atoms with Crippen molar-refractivity contribution in [1.29, 1.82) is 0 Å². The Labute approximate surface area is 124 Å². The quantitative estimate of drug-likeness (QED) is 0.748. The van der Waals surface area contributed by atoms with E-state index in [1.807, 2.05) is 6.92 Å². The van der Waals surface area contributed by atoms with Gasteiger partial charge in [-0.1, -0.05) is 6.92 Å². The summed E-state index contributed by atoms with van der Waals surface area (Å²) in [6, 6.07) is 3.91. The molecule has 1 heterocycles. The summed E-state index contributed by atoms with van der Waals surface area (Å²) in [5.41, 5.74) is 0.339. The lowest BCUT2D eigenvalue weighted by Crippen LogP contribution is -2.36. The fourth-order valence-corrected chi connectivity index (χ4v) is 1.71. The number of aromatic nitrogens is 1. The number of carbonyl (C=O) groups is 2. The highest BCUT2D eigenvalue weighted by Gasteiger charge is 2.22. The number of nitrogens with one attached hydrogen (secondary N) is 2. The van der Waals surface area contributed by atoms with E-state index >= 15 is 0 Å². The average molecular weight is 291 g/mol. The van der Waals surface area contributed by atoms with E-state index < -0.39 is 12.1 Å². The molecule has 1 amide bonds. The third kappa shape index (κ3) is 4.73. The van der Waals surface area contributed by atoms with Gasteiger partial charge >= 0.3 is 5.97 Å². The highest BCUT2D eigenvalue weighted by atomic mass is 16.5. The minimum Gasteiger partial charge on any atom is -0.449 e. The Morgan fingerprint density at radius 2 is 2.19 bits per heavy atom. The van der Waals surface area contributed by atoms with Gasteiger partial charge in [0.25, 0.3) is 5.91 Å². The largest absolute Gasteiger partial charge is 0.449 e. The molecule has 1 atom stereocenters. The third-order valence-corrected chi connectivity index (χ3v) is 3.13. The number of hydrogen-bond acceptors (Lipinski definition) is 5. The lowest BCUT2D eigenvalue weighted by atomic mass is 10.2. The average Bonchev–Trinajstić information content (AvgIpc) is 3.29. The predicted octanol–water partition coefficient (Wildman–Crippen LogP) is 1.73. The number of carbonyl (C=O) groups excluding carboxylic acids is 2. The number of esters is 1. The van der Waals surface area contributed by atoms with Gasteiger partial charge in [0, 0.05) is 18.8 Å². The fraction of sp³-hybridized carbons (Fsp3) is 0.533. The molecule has 1 fully saturated rings. The lowest BCUT2D eigenvalue weighted by Gasteiger charge is -2.13. The number of anilines is 1. The molecule has 0 saturated heterocycles. The zero-order valence-corrected chi connectivity index (χ0v) is 12.4. The minimum atomic E-state index is -0.812. The molecule has 0 spiro atoms. The summed E-state index contributed by atoms with van der Waals surface area (Å²) < 4.78 is 5.12. The van der Waals surface area contributed by atoms with Gasteiger partial charge in [-0.25, -0.2) is 9.78 Å². The Morgan fingerprint density at radius 1 is 1.43 bits per heavy atom. The summed E-state index contributed by atoms with van der Waals surface area (Å²) in [5, 5.41) is 5.92. The number of nitrogens with zero attached hydrogens (tertiary/aromatic N) is 1. The Kier molecular flexibility index (Phi) is 5.14. The van der Waals surface area contributed by atoms with Crippen LogP contribution >= 0.6 is 0 Å². The Balaban J connectivity index is 1.85. The highest BCUT2D eigenvalue weighted by molar-refractivity contribution is 5.92. The minimum absolute atomic E-state index is 0.287. The summed E-state index contributed by atoms with van der Waals surface area (Å²) in [7, 11) is 0. The van der Waals surface area contributed by atoms with E-state index in [4.69, 9.17) is 4.74 Å². The summed E-state index contributed by atoms with van der Waals surface area (Å²) in [6.07, 6.45) is 3.81. The number of amides is 1. The third-order valence-electron chi connectivity index (χ3n) is 3.13. The summed E-state index contributed by atoms with van der Waals surface area (Å²) >= 11 is 0. The predicted molar refractivity (Wildman–Crippen MR) is 79.1 cm³/mol. The van der Waals surface area contributed by atoms with Crippen molar-refractivity contribution in [2.75, 3.05) is 11.9 Å². The Morgan fingerprint density at radius 3 is 2.76 bits per heavy atom. The molecule has 0 aromatic carbocycles. The molecule has 0 bridgehead atoms. The first kappa shape index (κ1) is 15.3. The summed E-state index contributed by atoms with van der Waals surface area (Å²) in [4.78, 5) is 27.7. The zero-order chi connectivity index (χ0) is 15.2. The first-order chi connectivity index (χ1) is 10.1. The van der Waals surface area contributed by atoms with Gasteiger partial charge in [0.15, 0.2) is 6.10 Å². The Hall–Kier alpha value is -2.11. The maximum atomic E-state index is 11.9. The van der Waals surface area contributed by atoms with Gasteiger partial charge in [-0.2, -0.15) is 0 Å². The molecule has 1 aliphatic carbocycles. The van der Waals surface area contributed by atoms with Gasteiger partial charge in [0.1, 0.15) is 5.82 Å². The van der Waals surface area contributed by atoms with Crippen molar-refractivity contribution in [3.8, 4) is 0 Å². The van der Waals surface area contributed by atoms with Crippen molar-refractivity contribution in [3.63, 3.8) is 0 Å². The van der Waals surface area contributed by atoms with Crippen molar-refractivity contribution in [2.45, 2.75) is 45.3 Å². The van der Waals surface area contributed by atoms with Crippen LogP contribution in [0.5, 0.6) is 0 Å². The lowest BCUT2D eigenvalue weighted by molar-refractivity contribution is -0.129. The maximum Gasteiger partial charge on any atom is 0.340 e. The zero-order valence-electron chi connectivity index (χ0n) is 12.4. The highest BCUT2D eigenvalue weighted by Crippen LogP contribution is 2.23. The van der Waals surface area contributed by atoms with E-state index in [2.05, 4.69) is 15.6 Å². The van der Waals surface area contributed by atoms with Crippen LogP contribution in [0.3, 0.4) is 0 Å². The molecule has 0 aliphatic heterocycles. The molecule has 114 valence electrons. The van der Waals surface area contributed by atoms with Crippen molar-refractivity contribution in [1.82, 2.24) is 10.3 Å². The molecule has 2 N–H and O–H groups in total. The van der Waals surface area contributed by atoms with Crippen LogP contribution < -0.4 is 10.6 Å². The van der Waals surface area contributed by atoms with Crippen LogP contribution in [0.4, 0.5) is 5.82 Å². The second-order valence-electron chi connectivity index (χ2n) is 5.19. The van der Waals surface area contributed by atoms with Gasteiger partial charge in [-0.3, -0.25) is 4.79 Å². The Bertz CT molecular complexity index is 497. The van der Waals surface area contributed by atoms with Crippen LogP contribution in [0, 0.1) is 0 Å². The van der Waals surface area contributed by atoms with Crippen molar-refractivity contribution in [2.24, 2.45) is 0 Å². The molecule has 6 nitrogen and oxygen atoms in total. The molecule has 6 heteroatoms. The monoisotopic (exact) mass is 291 g/mol. The van der Waals surface area contributed by atoms with E-state index in [-0.39, 0.29) is 5.91 Å². The molecular formula is C15H21N3O3. The molecule has 1 aliphatic rings. The number of hydrogen-bond donors (Lipinski definition) is 2. The van der Waals surface area contributed by atoms with E-state index in [9.17, 15) is 9.59 Å². The van der Waals surface area contributed by atoms with Crippen molar-refractivity contribution < 1.29 is 14.3 Å². The first-order valence-corrected chi connectivity index (χ1v) is 7.31. The van der Waals surface area contributed by atoms with Crippen molar-refractivity contribution >= 4 is 17.7 Å². The first-order valence-electron chi connectivity index (χ1n) is 7.31. The standard InChI is InChI=1S/C15H21N3O3/c1-3-8-16-14(19)10(2)21-15(20)11-4-7-13(17-9-11)18-12-5-6-12/h4,7,9-10,12H,3,5-6,8H2,1-2H3,(H,16,19)(H,17,18). The van der Waals surface area contributed by atoms with Crippen LogP contribution in [-0.4, -0.2) is 35.6 Å². The molecule has 2 rings (SSSR count). The number of pyridine rings is 1. The van der Waals surface area contributed by atoms with E-state index in [1.165, 1.54) is 6.20 Å². The van der Waals surface area contributed by atoms with Gasteiger partial charge in [0.2, 0.25) is 0 Å². The molecule has 1 aromatic heterocycles. The van der Waals surface area contributed by atoms with Gasteiger partial charge in [-0.05, 0) is 38.3 Å². The molecule has 1 unspecified atom stereocenters. The normalized spacial score (nSPS) is 15.1. The SMILES string of the molecule is CCCNC(=O)C(C)OC(=O)c1ccc(NC2CC2)nc1. The fourth-order valence-electron chi connectivity index (χ4n) is 1.71. The number of rotatable bonds is 7. The van der Waals surface area contributed by atoms with Crippen LogP contribution in [0.25, 0.3) is 0 Å². The van der Waals surface area contributed by atoms with E-state index in [0.29, 0.717) is 18.2 Å². The molecule has 0 radical (unpaired) electrons. The van der Waals surface area contributed by atoms with Crippen molar-refractivity contribution in [3.05, 3.63) is 23.9 Å². The van der Waals surface area contributed by atoms with Gasteiger partial charge < -0.3 is 15.4 Å². The molecule has 1 saturated carbocycles. The van der Waals surface area contributed by atoms with E-state index in [1.54, 1.807) is 19.1 Å². The summed E-state index contributed by atoms with van der Waals surface area (Å²) in [6.45, 7) is 4.09. The van der Waals surface area contributed by atoms with Crippen LogP contribution in [0.1, 0.15) is 43.5 Å². The molecule has 21 heavy (non-hydrogen) atoms. The number of ether oxygens (including phenoxy) is 1. The van der Waals surface area contributed by atoms with Crippen LogP contribution in [0.15, 0.2) is 18.3 Å². The topological polar surface area (TPSA) is 80.3 Å². The smallest absolute Gasteiger partial charge is 0.340 e. The summed E-state index contributed by atoms with van der Waals surface area (Å²) in [5.74, 6) is -0.0763. The second kappa shape index (κ2) is 7.06. The van der Waals surface area contributed by atoms with Gasteiger partial charge in [-0.15, -0.1) is 0 Å². The van der Waals surface area contributed by atoms with E-state index in [0.717, 1.165) is 25.1 Å². The molecule has 1 aromatic rings.